The number of carbonyl (C=O) groups excluding carboxylic acids is 1. The van der Waals surface area contributed by atoms with Gasteiger partial charge in [-0.3, -0.25) is 9.59 Å². The average molecular weight is 312 g/mol. The van der Waals surface area contributed by atoms with Crippen molar-refractivity contribution in [1.82, 2.24) is 4.98 Å². The van der Waals surface area contributed by atoms with E-state index in [-0.39, 0.29) is 11.1 Å². The number of rotatable bonds is 3. The topological polar surface area (TPSA) is 71.2 Å². The van der Waals surface area contributed by atoms with Gasteiger partial charge in [0.1, 0.15) is 11.3 Å². The Bertz CT molecular complexity index is 778. The molecule has 1 unspecified atom stereocenters. The first-order valence-corrected chi connectivity index (χ1v) is 7.77. The summed E-state index contributed by atoms with van der Waals surface area (Å²) in [6.07, 6.45) is 2.83. The van der Waals surface area contributed by atoms with E-state index in [4.69, 9.17) is 4.74 Å². The molecular weight excluding hydrogens is 292 g/mol. The Kier molecular flexibility index (Phi) is 4.19. The number of carbonyl (C=O) groups is 1. The number of H-pyrrole nitrogens is 1. The molecule has 5 nitrogen and oxygen atoms in total. The number of aromatic nitrogens is 1. The van der Waals surface area contributed by atoms with Crippen LogP contribution in [0.25, 0.3) is 0 Å². The van der Waals surface area contributed by atoms with Crippen molar-refractivity contribution in [2.24, 2.45) is 5.92 Å². The number of methoxy groups -OCH3 is 1. The molecule has 1 aromatic carbocycles. The smallest absolute Gasteiger partial charge is 0.261 e. The molecule has 1 atom stereocenters. The van der Waals surface area contributed by atoms with Gasteiger partial charge in [-0.25, -0.2) is 0 Å². The zero-order valence-corrected chi connectivity index (χ0v) is 13.3. The van der Waals surface area contributed by atoms with Gasteiger partial charge in [-0.1, -0.05) is 6.92 Å². The second-order valence-electron chi connectivity index (χ2n) is 6.05. The Morgan fingerprint density at radius 3 is 2.74 bits per heavy atom. The van der Waals surface area contributed by atoms with E-state index < -0.39 is 5.91 Å². The van der Waals surface area contributed by atoms with Crippen molar-refractivity contribution in [2.75, 3.05) is 12.4 Å². The highest BCUT2D eigenvalue weighted by Gasteiger charge is 2.20. The van der Waals surface area contributed by atoms with E-state index >= 15 is 0 Å². The fraction of sp³-hybridized carbons (Fsp3) is 0.333. The van der Waals surface area contributed by atoms with E-state index in [0.29, 0.717) is 17.4 Å². The molecule has 5 heteroatoms. The van der Waals surface area contributed by atoms with E-state index in [0.717, 1.165) is 30.5 Å². The normalized spacial score (nSPS) is 16.5. The third kappa shape index (κ3) is 3.28. The molecule has 0 aliphatic heterocycles. The summed E-state index contributed by atoms with van der Waals surface area (Å²) in [7, 11) is 1.58. The fourth-order valence-electron chi connectivity index (χ4n) is 2.93. The first kappa shape index (κ1) is 15.3. The van der Waals surface area contributed by atoms with E-state index in [1.54, 1.807) is 37.4 Å². The van der Waals surface area contributed by atoms with Gasteiger partial charge < -0.3 is 15.0 Å². The maximum atomic E-state index is 12.4. The third-order valence-electron chi connectivity index (χ3n) is 4.26. The van der Waals surface area contributed by atoms with E-state index in [9.17, 15) is 9.59 Å². The Labute approximate surface area is 134 Å². The number of aromatic amines is 1. The van der Waals surface area contributed by atoms with Crippen LogP contribution in [0.2, 0.25) is 0 Å². The average Bonchev–Trinajstić information content (AvgIpc) is 2.55. The van der Waals surface area contributed by atoms with Crippen molar-refractivity contribution < 1.29 is 9.53 Å². The van der Waals surface area contributed by atoms with Gasteiger partial charge in [0, 0.05) is 11.4 Å². The predicted molar refractivity (Wildman–Crippen MR) is 89.2 cm³/mol. The maximum Gasteiger partial charge on any atom is 0.261 e. The number of aryl methyl sites for hydroxylation is 1. The van der Waals surface area contributed by atoms with Crippen molar-refractivity contribution in [3.8, 4) is 5.75 Å². The third-order valence-corrected chi connectivity index (χ3v) is 4.26. The molecule has 0 spiro atoms. The van der Waals surface area contributed by atoms with Crippen LogP contribution in [-0.4, -0.2) is 18.0 Å². The molecule has 0 radical (unpaired) electrons. The monoisotopic (exact) mass is 312 g/mol. The van der Waals surface area contributed by atoms with Crippen LogP contribution in [0.1, 0.15) is 35.0 Å². The molecule has 1 amide bonds. The zero-order valence-electron chi connectivity index (χ0n) is 13.3. The van der Waals surface area contributed by atoms with Crippen molar-refractivity contribution >= 4 is 11.6 Å². The van der Waals surface area contributed by atoms with Gasteiger partial charge in [0.05, 0.1) is 7.11 Å². The number of hydrogen-bond acceptors (Lipinski definition) is 3. The van der Waals surface area contributed by atoms with Gasteiger partial charge in [-0.15, -0.1) is 0 Å². The minimum absolute atomic E-state index is 0.161. The standard InChI is InChI=1S/C18H20N2O3/c1-11-3-8-16-12(9-11)10-15(18(22)20-16)17(21)19-13-4-6-14(23-2)7-5-13/h4-7,10-11H,3,8-9H2,1-2H3,(H,19,21)(H,20,22). The summed E-state index contributed by atoms with van der Waals surface area (Å²) in [5.74, 6) is 0.895. The van der Waals surface area contributed by atoms with Crippen molar-refractivity contribution in [3.63, 3.8) is 0 Å². The quantitative estimate of drug-likeness (QED) is 0.915. The number of hydrogen-bond donors (Lipinski definition) is 2. The predicted octanol–water partition coefficient (Wildman–Crippen LogP) is 2.76. The minimum Gasteiger partial charge on any atom is -0.497 e. The molecule has 1 aliphatic rings. The summed E-state index contributed by atoms with van der Waals surface area (Å²) in [5, 5.41) is 2.75. The molecule has 0 saturated heterocycles. The Morgan fingerprint density at radius 2 is 2.04 bits per heavy atom. The second-order valence-corrected chi connectivity index (χ2v) is 6.05. The van der Waals surface area contributed by atoms with Gasteiger partial charge in [-0.2, -0.15) is 0 Å². The van der Waals surface area contributed by atoms with Gasteiger partial charge in [0.2, 0.25) is 0 Å². The van der Waals surface area contributed by atoms with Crippen LogP contribution >= 0.6 is 0 Å². The largest absolute Gasteiger partial charge is 0.497 e. The molecular formula is C18H20N2O3. The van der Waals surface area contributed by atoms with E-state index in [2.05, 4.69) is 17.2 Å². The SMILES string of the molecule is COc1ccc(NC(=O)c2cc3c([nH]c2=O)CCC(C)C3)cc1. The molecule has 1 aromatic heterocycles. The highest BCUT2D eigenvalue weighted by molar-refractivity contribution is 6.04. The lowest BCUT2D eigenvalue weighted by Crippen LogP contribution is -2.27. The zero-order chi connectivity index (χ0) is 16.4. The molecule has 2 aromatic rings. The number of pyridine rings is 1. The summed E-state index contributed by atoms with van der Waals surface area (Å²) >= 11 is 0. The number of fused-ring (bicyclic) bond motifs is 1. The molecule has 1 aliphatic carbocycles. The maximum absolute atomic E-state index is 12.4. The number of anilines is 1. The van der Waals surface area contributed by atoms with Crippen molar-refractivity contribution in [3.05, 3.63) is 57.5 Å². The van der Waals surface area contributed by atoms with E-state index in [1.165, 1.54) is 0 Å². The van der Waals surface area contributed by atoms with Crippen molar-refractivity contribution in [1.29, 1.82) is 0 Å². The Hall–Kier alpha value is -2.56. The van der Waals surface area contributed by atoms with Gasteiger partial charge in [-0.05, 0) is 61.1 Å². The van der Waals surface area contributed by atoms with Gasteiger partial charge in [0.15, 0.2) is 0 Å². The number of ether oxygens (including phenoxy) is 1. The van der Waals surface area contributed by atoms with Crippen LogP contribution in [0.5, 0.6) is 5.75 Å². The van der Waals surface area contributed by atoms with Gasteiger partial charge >= 0.3 is 0 Å². The van der Waals surface area contributed by atoms with E-state index in [1.807, 2.05) is 0 Å². The van der Waals surface area contributed by atoms with Crippen LogP contribution in [-0.2, 0) is 12.8 Å². The molecule has 2 N–H and O–H groups in total. The highest BCUT2D eigenvalue weighted by Crippen LogP contribution is 2.23. The first-order valence-electron chi connectivity index (χ1n) is 7.77. The number of amides is 1. The van der Waals surface area contributed by atoms with Crippen LogP contribution < -0.4 is 15.6 Å². The molecule has 0 bridgehead atoms. The summed E-state index contributed by atoms with van der Waals surface area (Å²) < 4.78 is 5.08. The van der Waals surface area contributed by atoms with Crippen LogP contribution in [0.15, 0.2) is 35.1 Å². The Balaban J connectivity index is 1.84. The Morgan fingerprint density at radius 1 is 1.30 bits per heavy atom. The highest BCUT2D eigenvalue weighted by atomic mass is 16.5. The van der Waals surface area contributed by atoms with Crippen LogP contribution in [0, 0.1) is 5.92 Å². The number of benzene rings is 1. The second kappa shape index (κ2) is 6.28. The van der Waals surface area contributed by atoms with Crippen LogP contribution in [0.3, 0.4) is 0 Å². The van der Waals surface area contributed by atoms with Crippen molar-refractivity contribution in [2.45, 2.75) is 26.2 Å². The summed E-state index contributed by atoms with van der Waals surface area (Å²) in [4.78, 5) is 27.4. The van der Waals surface area contributed by atoms with Gasteiger partial charge in [0.25, 0.3) is 11.5 Å². The lowest BCUT2D eigenvalue weighted by Gasteiger charge is -2.21. The molecule has 23 heavy (non-hydrogen) atoms. The lowest BCUT2D eigenvalue weighted by atomic mass is 9.87. The molecule has 0 saturated carbocycles. The lowest BCUT2D eigenvalue weighted by molar-refractivity contribution is 0.102. The summed E-state index contributed by atoms with van der Waals surface area (Å²) in [6, 6.07) is 8.74. The molecule has 3 rings (SSSR count). The number of nitrogens with one attached hydrogen (secondary N) is 2. The minimum atomic E-state index is -0.391. The molecule has 0 fully saturated rings. The summed E-state index contributed by atoms with van der Waals surface area (Å²) in [5.41, 5.74) is 2.50. The molecule has 1 heterocycles. The fourth-order valence-corrected chi connectivity index (χ4v) is 2.93. The van der Waals surface area contributed by atoms with Crippen LogP contribution in [0.4, 0.5) is 5.69 Å². The molecule has 120 valence electrons. The summed E-state index contributed by atoms with van der Waals surface area (Å²) in [6.45, 7) is 2.19. The first-order chi connectivity index (χ1) is 11.1.